The van der Waals surface area contributed by atoms with Gasteiger partial charge in [0.15, 0.2) is 0 Å². The van der Waals surface area contributed by atoms with Crippen LogP contribution in [-0.2, 0) is 5.41 Å². The monoisotopic (exact) mass is 315 g/mol. The number of nitrogens with zero attached hydrogens (tertiary/aromatic N) is 1. The Morgan fingerprint density at radius 3 is 2.25 bits per heavy atom. The SMILES string of the molecule is COc1cccc([C@@](C#N)(c2ccc3ccccc3c2)C(C)C)c1. The Morgan fingerprint density at radius 2 is 1.58 bits per heavy atom. The standard InChI is InChI=1S/C22H21NO/c1-16(2)22(15-23,19-9-6-10-21(14-19)24-3)20-12-11-17-7-4-5-8-18(17)13-20/h4-14,16H,1-3H3/t22-/m0/s1. The largest absolute Gasteiger partial charge is 0.497 e. The van der Waals surface area contributed by atoms with E-state index in [1.54, 1.807) is 7.11 Å². The highest BCUT2D eigenvalue weighted by molar-refractivity contribution is 5.83. The maximum absolute atomic E-state index is 10.2. The van der Waals surface area contributed by atoms with Crippen molar-refractivity contribution < 1.29 is 4.74 Å². The molecule has 3 aromatic rings. The number of fused-ring (bicyclic) bond motifs is 1. The van der Waals surface area contributed by atoms with Gasteiger partial charge >= 0.3 is 0 Å². The van der Waals surface area contributed by atoms with Crippen LogP contribution in [0.25, 0.3) is 10.8 Å². The molecule has 0 aromatic heterocycles. The molecule has 0 bridgehead atoms. The van der Waals surface area contributed by atoms with Crippen molar-refractivity contribution in [2.45, 2.75) is 19.3 Å². The minimum Gasteiger partial charge on any atom is -0.497 e. The van der Waals surface area contributed by atoms with Gasteiger partial charge in [-0.05, 0) is 46.0 Å². The van der Waals surface area contributed by atoms with Crippen LogP contribution in [0.5, 0.6) is 5.75 Å². The third-order valence-corrected chi connectivity index (χ3v) is 4.77. The summed E-state index contributed by atoms with van der Waals surface area (Å²) in [6, 6.07) is 25.0. The van der Waals surface area contributed by atoms with Crippen molar-refractivity contribution in [2.75, 3.05) is 7.11 Å². The Morgan fingerprint density at radius 1 is 0.875 bits per heavy atom. The number of hydrogen-bond acceptors (Lipinski definition) is 2. The van der Waals surface area contributed by atoms with Gasteiger partial charge in [-0.1, -0.05) is 62.4 Å². The summed E-state index contributed by atoms with van der Waals surface area (Å²) in [7, 11) is 1.65. The molecule has 0 saturated carbocycles. The van der Waals surface area contributed by atoms with Gasteiger partial charge < -0.3 is 4.74 Å². The van der Waals surface area contributed by atoms with Crippen LogP contribution in [0.1, 0.15) is 25.0 Å². The number of nitriles is 1. The Labute approximate surface area is 143 Å². The van der Waals surface area contributed by atoms with Gasteiger partial charge in [-0.3, -0.25) is 0 Å². The first-order chi connectivity index (χ1) is 11.6. The molecule has 0 N–H and O–H groups in total. The van der Waals surface area contributed by atoms with E-state index in [-0.39, 0.29) is 5.92 Å². The van der Waals surface area contributed by atoms with Gasteiger partial charge in [-0.2, -0.15) is 5.26 Å². The molecule has 120 valence electrons. The van der Waals surface area contributed by atoms with Gasteiger partial charge in [-0.15, -0.1) is 0 Å². The summed E-state index contributed by atoms with van der Waals surface area (Å²) in [5.41, 5.74) is 1.28. The lowest BCUT2D eigenvalue weighted by molar-refractivity contribution is 0.410. The molecule has 2 nitrogen and oxygen atoms in total. The van der Waals surface area contributed by atoms with Crippen LogP contribution in [0, 0.1) is 17.2 Å². The van der Waals surface area contributed by atoms with E-state index in [1.165, 1.54) is 5.39 Å². The second kappa shape index (κ2) is 6.37. The molecule has 0 fully saturated rings. The Kier molecular flexibility index (Phi) is 4.27. The summed E-state index contributed by atoms with van der Waals surface area (Å²) in [5.74, 6) is 0.893. The molecular weight excluding hydrogens is 294 g/mol. The van der Waals surface area contributed by atoms with Gasteiger partial charge in [0.2, 0.25) is 0 Å². The van der Waals surface area contributed by atoms with E-state index in [4.69, 9.17) is 4.74 Å². The summed E-state index contributed by atoms with van der Waals surface area (Å²) in [5, 5.41) is 12.5. The summed E-state index contributed by atoms with van der Waals surface area (Å²) >= 11 is 0. The second-order valence-electron chi connectivity index (χ2n) is 6.37. The summed E-state index contributed by atoms with van der Waals surface area (Å²) in [4.78, 5) is 0. The fourth-order valence-electron chi connectivity index (χ4n) is 3.39. The summed E-state index contributed by atoms with van der Waals surface area (Å²) in [6.45, 7) is 4.19. The number of methoxy groups -OCH3 is 1. The fraction of sp³-hybridized carbons (Fsp3) is 0.227. The summed E-state index contributed by atoms with van der Waals surface area (Å²) in [6.07, 6.45) is 0. The van der Waals surface area contributed by atoms with E-state index in [2.05, 4.69) is 50.2 Å². The molecule has 3 rings (SSSR count). The van der Waals surface area contributed by atoms with E-state index in [0.717, 1.165) is 22.3 Å². The van der Waals surface area contributed by atoms with E-state index >= 15 is 0 Å². The van der Waals surface area contributed by atoms with Crippen molar-refractivity contribution >= 4 is 10.8 Å². The highest BCUT2D eigenvalue weighted by Gasteiger charge is 2.38. The molecule has 0 unspecified atom stereocenters. The van der Waals surface area contributed by atoms with Crippen molar-refractivity contribution in [2.24, 2.45) is 5.92 Å². The van der Waals surface area contributed by atoms with E-state index < -0.39 is 5.41 Å². The van der Waals surface area contributed by atoms with Crippen LogP contribution in [0.4, 0.5) is 0 Å². The quantitative estimate of drug-likeness (QED) is 0.653. The first kappa shape index (κ1) is 16.1. The van der Waals surface area contributed by atoms with Crippen molar-refractivity contribution in [3.05, 3.63) is 77.9 Å². The first-order valence-electron chi connectivity index (χ1n) is 8.17. The second-order valence-corrected chi connectivity index (χ2v) is 6.37. The lowest BCUT2D eigenvalue weighted by Gasteiger charge is -2.32. The van der Waals surface area contributed by atoms with E-state index in [9.17, 15) is 5.26 Å². The highest BCUT2D eigenvalue weighted by Crippen LogP contribution is 2.40. The van der Waals surface area contributed by atoms with Crippen LogP contribution >= 0.6 is 0 Å². The smallest absolute Gasteiger partial charge is 0.119 e. The lowest BCUT2D eigenvalue weighted by Crippen LogP contribution is -2.32. The molecule has 24 heavy (non-hydrogen) atoms. The van der Waals surface area contributed by atoms with Crippen LogP contribution in [0.3, 0.4) is 0 Å². The predicted octanol–water partition coefficient (Wildman–Crippen LogP) is 5.31. The van der Waals surface area contributed by atoms with Crippen molar-refractivity contribution in [1.29, 1.82) is 5.26 Å². The van der Waals surface area contributed by atoms with Crippen LogP contribution in [0.2, 0.25) is 0 Å². The maximum atomic E-state index is 10.2. The number of hydrogen-bond donors (Lipinski definition) is 0. The van der Waals surface area contributed by atoms with Crippen LogP contribution in [-0.4, -0.2) is 7.11 Å². The normalized spacial score (nSPS) is 13.5. The van der Waals surface area contributed by atoms with Crippen molar-refractivity contribution in [1.82, 2.24) is 0 Å². The van der Waals surface area contributed by atoms with Crippen LogP contribution in [0.15, 0.2) is 66.7 Å². The lowest BCUT2D eigenvalue weighted by atomic mass is 9.68. The topological polar surface area (TPSA) is 33.0 Å². The molecule has 0 spiro atoms. The maximum Gasteiger partial charge on any atom is 0.119 e. The third kappa shape index (κ3) is 2.53. The molecular formula is C22H21NO. The zero-order valence-electron chi connectivity index (χ0n) is 14.3. The zero-order chi connectivity index (χ0) is 17.2. The van der Waals surface area contributed by atoms with Crippen LogP contribution < -0.4 is 4.74 Å². The van der Waals surface area contributed by atoms with Crippen molar-refractivity contribution in [3.63, 3.8) is 0 Å². The average Bonchev–Trinajstić information content (AvgIpc) is 2.62. The van der Waals surface area contributed by atoms with Gasteiger partial charge in [0, 0.05) is 0 Å². The predicted molar refractivity (Wildman–Crippen MR) is 98.2 cm³/mol. The molecule has 0 amide bonds. The minimum atomic E-state index is -0.710. The first-order valence-corrected chi connectivity index (χ1v) is 8.17. The molecule has 2 heteroatoms. The summed E-state index contributed by atoms with van der Waals surface area (Å²) < 4.78 is 5.37. The van der Waals surface area contributed by atoms with Gasteiger partial charge in [0.05, 0.1) is 13.2 Å². The molecule has 0 aliphatic heterocycles. The highest BCUT2D eigenvalue weighted by atomic mass is 16.5. The molecule has 3 aromatic carbocycles. The third-order valence-electron chi connectivity index (χ3n) is 4.77. The molecule has 0 heterocycles. The Hall–Kier alpha value is -2.79. The number of benzene rings is 3. The van der Waals surface area contributed by atoms with Crippen molar-refractivity contribution in [3.8, 4) is 11.8 Å². The molecule has 0 radical (unpaired) electrons. The number of rotatable bonds is 4. The fourth-order valence-corrected chi connectivity index (χ4v) is 3.39. The Balaban J connectivity index is 2.26. The molecule has 0 aliphatic rings. The minimum absolute atomic E-state index is 0.121. The molecule has 0 saturated heterocycles. The van der Waals surface area contributed by atoms with Gasteiger partial charge in [-0.25, -0.2) is 0 Å². The van der Waals surface area contributed by atoms with Gasteiger partial charge in [0.1, 0.15) is 11.2 Å². The van der Waals surface area contributed by atoms with E-state index in [0.29, 0.717) is 0 Å². The Bertz CT molecular complexity index is 907. The van der Waals surface area contributed by atoms with Gasteiger partial charge in [0.25, 0.3) is 0 Å². The number of ether oxygens (including phenoxy) is 1. The van der Waals surface area contributed by atoms with E-state index in [1.807, 2.05) is 36.4 Å². The average molecular weight is 315 g/mol. The zero-order valence-corrected chi connectivity index (χ0v) is 14.3. The molecule has 1 atom stereocenters. The molecule has 0 aliphatic carbocycles.